The number of ketones is 1. The fourth-order valence-corrected chi connectivity index (χ4v) is 11.2. The molecule has 0 spiro atoms. The zero-order valence-electron chi connectivity index (χ0n) is 29.1. The Morgan fingerprint density at radius 1 is 0.833 bits per heavy atom. The average Bonchev–Trinajstić information content (AvgIpc) is 3.71. The Labute approximate surface area is 285 Å². The van der Waals surface area contributed by atoms with Crippen LogP contribution in [0, 0.1) is 28.6 Å². The molecular formula is C41H52O7. The quantitative estimate of drug-likeness (QED) is 0.335. The summed E-state index contributed by atoms with van der Waals surface area (Å²) in [6.45, 7) is 10.3. The van der Waals surface area contributed by atoms with Crippen LogP contribution in [0.1, 0.15) is 110 Å². The molecule has 5 fully saturated rings. The summed E-state index contributed by atoms with van der Waals surface area (Å²) in [4.78, 5) is 14.1. The van der Waals surface area contributed by atoms with E-state index in [0.29, 0.717) is 25.7 Å². The maximum Gasteiger partial charge on any atom is 0.185 e. The molecule has 7 nitrogen and oxygen atoms in total. The number of fused-ring (bicyclic) bond motifs is 6. The van der Waals surface area contributed by atoms with Crippen LogP contribution in [-0.2, 0) is 23.7 Å². The van der Waals surface area contributed by atoms with Crippen molar-refractivity contribution in [3.8, 4) is 0 Å². The Bertz CT molecular complexity index is 1570. The summed E-state index contributed by atoms with van der Waals surface area (Å²) in [6.07, 6.45) is 6.14. The number of carbonyl (C=O) groups is 1. The van der Waals surface area contributed by atoms with Crippen molar-refractivity contribution in [2.75, 3.05) is 0 Å². The molecule has 8 rings (SSSR count). The smallest absolute Gasteiger partial charge is 0.185 e. The number of ether oxygens (including phenoxy) is 4. The SMILES string of the molecule is CC(C)(O)CC[C@H]1OC(c2ccccc2)O[C@]1(C)[C@H]1CC[C@@]2(O)C3=CC(=O)[C@@H]4C[C@H]5OC(c6ccccc6)O[C@H]5C[C@]4(C)[C@H]3CC[C@]12C. The standard InChI is InChI=1S/C41H52O7/c1-37(2,43)19-18-34-40(5,48-36(47-34)26-14-10-7-11-15-26)33-17-21-41(44)28-22-30(42)29-23-31-32(46-35(45-31)25-12-8-6-9-13-25)24-38(29,3)27(28)16-20-39(33,41)4/h6-15,22,27,29,31-36,43-44H,16-21,23-24H2,1-5H3/t27-,29-,31+,32-,33-,34+,35?,36?,38+,39+,40+,41+/m0/s1. The Hall–Kier alpha value is -2.39. The molecule has 7 heteroatoms. The molecule has 2 aromatic carbocycles. The van der Waals surface area contributed by atoms with Gasteiger partial charge in [-0.05, 0) is 101 Å². The summed E-state index contributed by atoms with van der Waals surface area (Å²) in [5.41, 5.74) is -0.585. The highest BCUT2D eigenvalue weighted by atomic mass is 16.7. The number of hydrogen-bond donors (Lipinski definition) is 2. The highest BCUT2D eigenvalue weighted by Crippen LogP contribution is 2.70. The Balaban J connectivity index is 1.09. The molecule has 2 N–H and O–H groups in total. The summed E-state index contributed by atoms with van der Waals surface area (Å²) in [6, 6.07) is 20.1. The summed E-state index contributed by atoms with van der Waals surface area (Å²) in [5.74, 6) is 0.0486. The van der Waals surface area contributed by atoms with Crippen LogP contribution in [0.5, 0.6) is 0 Å². The molecule has 2 aromatic rings. The molecule has 48 heavy (non-hydrogen) atoms. The summed E-state index contributed by atoms with van der Waals surface area (Å²) in [7, 11) is 0. The van der Waals surface area contributed by atoms with Gasteiger partial charge in [0.25, 0.3) is 0 Å². The van der Waals surface area contributed by atoms with Gasteiger partial charge in [-0.2, -0.15) is 0 Å². The van der Waals surface area contributed by atoms with Crippen LogP contribution in [0.2, 0.25) is 0 Å². The second-order valence-electron chi connectivity index (χ2n) is 17.1. The molecule has 0 aromatic heterocycles. The topological polar surface area (TPSA) is 94.5 Å². The molecule has 12 atom stereocenters. The van der Waals surface area contributed by atoms with Crippen molar-refractivity contribution in [2.24, 2.45) is 28.6 Å². The lowest BCUT2D eigenvalue weighted by molar-refractivity contribution is -0.164. The third-order valence-electron chi connectivity index (χ3n) is 13.8. The van der Waals surface area contributed by atoms with Gasteiger partial charge in [0.05, 0.1) is 35.1 Å². The Morgan fingerprint density at radius 2 is 1.48 bits per heavy atom. The normalized spacial score (nSPS) is 45.2. The van der Waals surface area contributed by atoms with Gasteiger partial charge in [-0.1, -0.05) is 74.5 Å². The fraction of sp³-hybridized carbons (Fsp3) is 0.634. The van der Waals surface area contributed by atoms with Crippen molar-refractivity contribution in [3.63, 3.8) is 0 Å². The first kappa shape index (κ1) is 32.8. The second-order valence-corrected chi connectivity index (χ2v) is 17.1. The van der Waals surface area contributed by atoms with Crippen LogP contribution < -0.4 is 0 Å². The Morgan fingerprint density at radius 3 is 2.15 bits per heavy atom. The third kappa shape index (κ3) is 4.94. The largest absolute Gasteiger partial charge is 0.390 e. The summed E-state index contributed by atoms with van der Waals surface area (Å²) in [5, 5.41) is 23.7. The minimum atomic E-state index is -1.13. The van der Waals surface area contributed by atoms with Gasteiger partial charge in [0.2, 0.25) is 0 Å². The molecule has 2 saturated heterocycles. The molecule has 0 radical (unpaired) electrons. The molecular weight excluding hydrogens is 604 g/mol. The van der Waals surface area contributed by atoms with Gasteiger partial charge in [0, 0.05) is 22.5 Å². The van der Waals surface area contributed by atoms with Gasteiger partial charge in [-0.15, -0.1) is 0 Å². The van der Waals surface area contributed by atoms with Crippen molar-refractivity contribution >= 4 is 5.78 Å². The van der Waals surface area contributed by atoms with Crippen molar-refractivity contribution < 1.29 is 34.0 Å². The van der Waals surface area contributed by atoms with Gasteiger partial charge < -0.3 is 29.2 Å². The van der Waals surface area contributed by atoms with E-state index in [1.807, 2.05) is 80.6 Å². The molecule has 3 saturated carbocycles. The number of rotatable bonds is 6. The molecule has 2 aliphatic heterocycles. The molecule has 4 aliphatic carbocycles. The van der Waals surface area contributed by atoms with Gasteiger partial charge in [-0.25, -0.2) is 0 Å². The maximum absolute atomic E-state index is 14.1. The van der Waals surface area contributed by atoms with E-state index in [1.54, 1.807) is 0 Å². The lowest BCUT2D eigenvalue weighted by atomic mass is 9.45. The van der Waals surface area contributed by atoms with Crippen LogP contribution in [0.4, 0.5) is 0 Å². The first-order valence-corrected chi connectivity index (χ1v) is 18.2. The monoisotopic (exact) mass is 656 g/mol. The van der Waals surface area contributed by atoms with Gasteiger partial charge in [0.1, 0.15) is 0 Å². The van der Waals surface area contributed by atoms with E-state index in [4.69, 9.17) is 18.9 Å². The van der Waals surface area contributed by atoms with Crippen molar-refractivity contribution in [1.82, 2.24) is 0 Å². The molecule has 0 amide bonds. The van der Waals surface area contributed by atoms with Crippen LogP contribution in [0.3, 0.4) is 0 Å². The van der Waals surface area contributed by atoms with E-state index in [9.17, 15) is 15.0 Å². The first-order valence-electron chi connectivity index (χ1n) is 18.2. The fourth-order valence-electron chi connectivity index (χ4n) is 11.2. The summed E-state index contributed by atoms with van der Waals surface area (Å²) < 4.78 is 26.7. The van der Waals surface area contributed by atoms with Gasteiger partial charge in [-0.3, -0.25) is 4.79 Å². The molecule has 0 bridgehead atoms. The van der Waals surface area contributed by atoms with Crippen LogP contribution >= 0.6 is 0 Å². The minimum Gasteiger partial charge on any atom is -0.390 e. The van der Waals surface area contributed by atoms with E-state index < -0.39 is 34.8 Å². The molecule has 6 aliphatic rings. The first-order chi connectivity index (χ1) is 22.8. The van der Waals surface area contributed by atoms with Crippen LogP contribution in [0.25, 0.3) is 0 Å². The van der Waals surface area contributed by atoms with Crippen molar-refractivity contribution in [3.05, 3.63) is 83.4 Å². The third-order valence-corrected chi connectivity index (χ3v) is 13.8. The highest BCUT2D eigenvalue weighted by molar-refractivity contribution is 5.95. The average molecular weight is 657 g/mol. The lowest BCUT2D eigenvalue weighted by Crippen LogP contribution is -2.62. The molecule has 258 valence electrons. The minimum absolute atomic E-state index is 0.00747. The number of hydrogen-bond acceptors (Lipinski definition) is 7. The predicted octanol–water partition coefficient (Wildman–Crippen LogP) is 7.38. The Kier molecular flexibility index (Phi) is 7.73. The number of carbonyl (C=O) groups excluding carboxylic acids is 1. The van der Waals surface area contributed by atoms with E-state index in [-0.39, 0.29) is 47.3 Å². The number of aliphatic hydroxyl groups is 2. The zero-order chi connectivity index (χ0) is 33.7. The maximum atomic E-state index is 14.1. The highest BCUT2D eigenvalue weighted by Gasteiger charge is 2.71. The van der Waals surface area contributed by atoms with Crippen molar-refractivity contribution in [2.45, 2.75) is 134 Å². The van der Waals surface area contributed by atoms with Crippen LogP contribution in [-0.4, -0.2) is 51.1 Å². The zero-order valence-corrected chi connectivity index (χ0v) is 29.1. The summed E-state index contributed by atoms with van der Waals surface area (Å²) >= 11 is 0. The van der Waals surface area contributed by atoms with Gasteiger partial charge in [0.15, 0.2) is 18.4 Å². The van der Waals surface area contributed by atoms with E-state index in [2.05, 4.69) is 20.8 Å². The predicted molar refractivity (Wildman–Crippen MR) is 180 cm³/mol. The second kappa shape index (κ2) is 11.3. The van der Waals surface area contributed by atoms with Crippen molar-refractivity contribution in [1.29, 1.82) is 0 Å². The van der Waals surface area contributed by atoms with E-state index in [0.717, 1.165) is 42.4 Å². The van der Waals surface area contributed by atoms with Crippen LogP contribution in [0.15, 0.2) is 72.3 Å². The van der Waals surface area contributed by atoms with E-state index >= 15 is 0 Å². The van der Waals surface area contributed by atoms with E-state index in [1.165, 1.54) is 0 Å². The number of benzene rings is 2. The number of allylic oxidation sites excluding steroid dienone is 1. The molecule has 2 heterocycles. The lowest BCUT2D eigenvalue weighted by Gasteiger charge is -2.60. The molecule has 2 unspecified atom stereocenters. The van der Waals surface area contributed by atoms with Gasteiger partial charge >= 0.3 is 0 Å².